The standard InChI is InChI=1S/C23H20ClN3O3/c1-16-5-4-7-19(13-16)26-22(28)23(29)27-25-14-17-9-11-20(12-10-17)30-15-18-6-2-3-8-21(18)24/h2-14H,15H2,1H3,(H,26,28)(H,27,29)/b25-14-. The summed E-state index contributed by atoms with van der Waals surface area (Å²) < 4.78 is 5.72. The highest BCUT2D eigenvalue weighted by Gasteiger charge is 2.12. The van der Waals surface area contributed by atoms with Crippen LogP contribution in [0.2, 0.25) is 5.02 Å². The fourth-order valence-electron chi connectivity index (χ4n) is 2.55. The molecule has 3 rings (SSSR count). The fraction of sp³-hybridized carbons (Fsp3) is 0.0870. The number of carbonyl (C=O) groups is 2. The summed E-state index contributed by atoms with van der Waals surface area (Å²) in [6.07, 6.45) is 1.44. The maximum atomic E-state index is 11.9. The van der Waals surface area contributed by atoms with Gasteiger partial charge in [-0.1, -0.05) is 41.9 Å². The number of hydrogen-bond donors (Lipinski definition) is 2. The number of nitrogens with one attached hydrogen (secondary N) is 2. The molecule has 0 aliphatic rings. The molecule has 0 saturated carbocycles. The summed E-state index contributed by atoms with van der Waals surface area (Å²) in [5.74, 6) is -0.970. The summed E-state index contributed by atoms with van der Waals surface area (Å²) in [5.41, 5.74) is 5.37. The van der Waals surface area contributed by atoms with E-state index < -0.39 is 11.8 Å². The molecule has 0 atom stereocenters. The van der Waals surface area contributed by atoms with E-state index in [9.17, 15) is 9.59 Å². The summed E-state index contributed by atoms with van der Waals surface area (Å²) in [7, 11) is 0. The number of nitrogens with zero attached hydrogens (tertiary/aromatic N) is 1. The molecule has 0 radical (unpaired) electrons. The zero-order valence-electron chi connectivity index (χ0n) is 16.3. The van der Waals surface area contributed by atoms with E-state index >= 15 is 0 Å². The number of ether oxygens (including phenoxy) is 1. The number of rotatable bonds is 6. The molecule has 3 aromatic carbocycles. The van der Waals surface area contributed by atoms with Crippen LogP contribution in [0.1, 0.15) is 16.7 Å². The van der Waals surface area contributed by atoms with Crippen molar-refractivity contribution in [1.29, 1.82) is 0 Å². The topological polar surface area (TPSA) is 79.8 Å². The summed E-state index contributed by atoms with van der Waals surface area (Å²) in [5, 5.41) is 6.99. The van der Waals surface area contributed by atoms with Crippen molar-refractivity contribution in [2.45, 2.75) is 13.5 Å². The lowest BCUT2D eigenvalue weighted by Crippen LogP contribution is -2.32. The van der Waals surface area contributed by atoms with E-state index in [2.05, 4.69) is 15.8 Å². The molecule has 0 spiro atoms. The summed E-state index contributed by atoms with van der Waals surface area (Å²) in [6.45, 7) is 2.26. The van der Waals surface area contributed by atoms with Crippen LogP contribution in [0.3, 0.4) is 0 Å². The number of anilines is 1. The van der Waals surface area contributed by atoms with Crippen molar-refractivity contribution in [2.24, 2.45) is 5.10 Å². The Balaban J connectivity index is 1.48. The maximum Gasteiger partial charge on any atom is 0.329 e. The van der Waals surface area contributed by atoms with Gasteiger partial charge in [-0.15, -0.1) is 0 Å². The molecule has 0 aliphatic heterocycles. The summed E-state index contributed by atoms with van der Waals surface area (Å²) in [6, 6.07) is 21.8. The number of benzene rings is 3. The van der Waals surface area contributed by atoms with Crippen LogP contribution in [-0.4, -0.2) is 18.0 Å². The van der Waals surface area contributed by atoms with Crippen LogP contribution in [-0.2, 0) is 16.2 Å². The first kappa shape index (κ1) is 21.1. The Morgan fingerprint density at radius 2 is 1.77 bits per heavy atom. The lowest BCUT2D eigenvalue weighted by Gasteiger charge is -2.07. The van der Waals surface area contributed by atoms with E-state index in [0.29, 0.717) is 23.1 Å². The molecule has 0 aliphatic carbocycles. The van der Waals surface area contributed by atoms with E-state index in [1.807, 2.05) is 37.3 Å². The number of aryl methyl sites for hydroxylation is 1. The predicted octanol–water partition coefficient (Wildman–Crippen LogP) is 4.32. The van der Waals surface area contributed by atoms with Gasteiger partial charge in [-0.3, -0.25) is 9.59 Å². The third kappa shape index (κ3) is 6.18. The Kier molecular flexibility index (Phi) is 7.19. The van der Waals surface area contributed by atoms with Gasteiger partial charge in [-0.2, -0.15) is 5.10 Å². The second kappa shape index (κ2) is 10.2. The quantitative estimate of drug-likeness (QED) is 0.353. The van der Waals surface area contributed by atoms with Gasteiger partial charge in [0.2, 0.25) is 0 Å². The SMILES string of the molecule is Cc1cccc(NC(=O)C(=O)N/N=C\c2ccc(OCc3ccccc3Cl)cc2)c1. The molecule has 0 aromatic heterocycles. The molecule has 2 N–H and O–H groups in total. The van der Waals surface area contributed by atoms with Gasteiger partial charge in [0, 0.05) is 16.3 Å². The van der Waals surface area contributed by atoms with Crippen molar-refractivity contribution in [3.63, 3.8) is 0 Å². The van der Waals surface area contributed by atoms with Crippen LogP contribution in [0.5, 0.6) is 5.75 Å². The first-order chi connectivity index (χ1) is 14.5. The molecular formula is C23H20ClN3O3. The molecule has 3 aromatic rings. The second-order valence-corrected chi connectivity index (χ2v) is 6.88. The molecule has 0 heterocycles. The van der Waals surface area contributed by atoms with Gasteiger partial charge in [0.05, 0.1) is 6.21 Å². The van der Waals surface area contributed by atoms with Crippen molar-refractivity contribution >= 4 is 35.3 Å². The average Bonchev–Trinajstić information content (AvgIpc) is 2.74. The fourth-order valence-corrected chi connectivity index (χ4v) is 2.74. The van der Waals surface area contributed by atoms with Gasteiger partial charge >= 0.3 is 11.8 Å². The van der Waals surface area contributed by atoms with Crippen LogP contribution in [0.4, 0.5) is 5.69 Å². The van der Waals surface area contributed by atoms with E-state index in [-0.39, 0.29) is 0 Å². The van der Waals surface area contributed by atoms with Crippen LogP contribution in [0.15, 0.2) is 77.9 Å². The lowest BCUT2D eigenvalue weighted by atomic mass is 10.2. The minimum Gasteiger partial charge on any atom is -0.489 e. The van der Waals surface area contributed by atoms with Crippen molar-refractivity contribution < 1.29 is 14.3 Å². The largest absolute Gasteiger partial charge is 0.489 e. The van der Waals surface area contributed by atoms with Crippen molar-refractivity contribution in [3.8, 4) is 5.75 Å². The van der Waals surface area contributed by atoms with Gasteiger partial charge in [-0.05, 0) is 60.5 Å². The molecule has 2 amide bonds. The molecule has 6 nitrogen and oxygen atoms in total. The molecule has 0 bridgehead atoms. The van der Waals surface area contributed by atoms with Crippen molar-refractivity contribution in [3.05, 3.63) is 94.5 Å². The number of amides is 2. The smallest absolute Gasteiger partial charge is 0.329 e. The van der Waals surface area contributed by atoms with Gasteiger partial charge < -0.3 is 10.1 Å². The third-order valence-electron chi connectivity index (χ3n) is 4.09. The lowest BCUT2D eigenvalue weighted by molar-refractivity contribution is -0.136. The minimum absolute atomic E-state index is 0.360. The number of carbonyl (C=O) groups excluding carboxylic acids is 2. The zero-order chi connectivity index (χ0) is 21.3. The van der Waals surface area contributed by atoms with E-state index in [0.717, 1.165) is 16.7 Å². The van der Waals surface area contributed by atoms with Gasteiger partial charge in [-0.25, -0.2) is 5.43 Å². The predicted molar refractivity (Wildman–Crippen MR) is 118 cm³/mol. The molecule has 0 saturated heterocycles. The summed E-state index contributed by atoms with van der Waals surface area (Å²) in [4.78, 5) is 23.8. The van der Waals surface area contributed by atoms with Crippen LogP contribution in [0, 0.1) is 6.92 Å². The monoisotopic (exact) mass is 421 g/mol. The molecule has 0 unspecified atom stereocenters. The Morgan fingerprint density at radius 3 is 2.50 bits per heavy atom. The van der Waals surface area contributed by atoms with E-state index in [1.54, 1.807) is 42.5 Å². The minimum atomic E-state index is -0.854. The van der Waals surface area contributed by atoms with Crippen molar-refractivity contribution in [1.82, 2.24) is 5.43 Å². The third-order valence-corrected chi connectivity index (χ3v) is 4.46. The number of hydrogen-bond acceptors (Lipinski definition) is 4. The Bertz CT molecular complexity index is 1070. The average molecular weight is 422 g/mol. The summed E-state index contributed by atoms with van der Waals surface area (Å²) >= 11 is 6.11. The van der Waals surface area contributed by atoms with Gasteiger partial charge in [0.1, 0.15) is 12.4 Å². The number of hydrazone groups is 1. The normalized spacial score (nSPS) is 10.6. The van der Waals surface area contributed by atoms with E-state index in [1.165, 1.54) is 6.21 Å². The molecule has 7 heteroatoms. The maximum absolute atomic E-state index is 11.9. The second-order valence-electron chi connectivity index (χ2n) is 6.47. The van der Waals surface area contributed by atoms with Gasteiger partial charge in [0.25, 0.3) is 0 Å². The molecular weight excluding hydrogens is 402 g/mol. The zero-order valence-corrected chi connectivity index (χ0v) is 17.0. The first-order valence-electron chi connectivity index (χ1n) is 9.18. The van der Waals surface area contributed by atoms with Crippen molar-refractivity contribution in [2.75, 3.05) is 5.32 Å². The highest BCUT2D eigenvalue weighted by molar-refractivity contribution is 6.39. The molecule has 152 valence electrons. The van der Waals surface area contributed by atoms with Crippen LogP contribution < -0.4 is 15.5 Å². The Hall–Kier alpha value is -3.64. The van der Waals surface area contributed by atoms with Gasteiger partial charge in [0.15, 0.2) is 0 Å². The molecule has 0 fully saturated rings. The number of halogens is 1. The highest BCUT2D eigenvalue weighted by atomic mass is 35.5. The van der Waals surface area contributed by atoms with Crippen LogP contribution >= 0.6 is 11.6 Å². The Morgan fingerprint density at radius 1 is 1.00 bits per heavy atom. The molecule has 30 heavy (non-hydrogen) atoms. The highest BCUT2D eigenvalue weighted by Crippen LogP contribution is 2.18. The van der Waals surface area contributed by atoms with E-state index in [4.69, 9.17) is 16.3 Å². The Labute approximate surface area is 179 Å². The van der Waals surface area contributed by atoms with Crippen LogP contribution in [0.25, 0.3) is 0 Å². The first-order valence-corrected chi connectivity index (χ1v) is 9.56.